The fourth-order valence-electron chi connectivity index (χ4n) is 1.93. The van der Waals surface area contributed by atoms with Crippen LogP contribution < -0.4 is 5.32 Å². The van der Waals surface area contributed by atoms with Crippen molar-refractivity contribution in [1.29, 1.82) is 0 Å². The van der Waals surface area contributed by atoms with E-state index in [1.165, 1.54) is 0 Å². The predicted octanol–water partition coefficient (Wildman–Crippen LogP) is 0.754. The second-order valence-electron chi connectivity index (χ2n) is 4.75. The highest BCUT2D eigenvalue weighted by Gasteiger charge is 2.33. The van der Waals surface area contributed by atoms with Crippen LogP contribution in [-0.2, 0) is 4.74 Å². The summed E-state index contributed by atoms with van der Waals surface area (Å²) in [5.74, 6) is -3.49. The quantitative estimate of drug-likeness (QED) is 0.631. The van der Waals surface area contributed by atoms with Crippen LogP contribution >= 0.6 is 0 Å². The number of halogens is 2. The average molecular weight is 302 g/mol. The Morgan fingerprint density at radius 2 is 2.19 bits per heavy atom. The van der Waals surface area contributed by atoms with E-state index >= 15 is 0 Å². The molecular weight excluding hydrogens is 290 g/mol. The van der Waals surface area contributed by atoms with Gasteiger partial charge in [-0.1, -0.05) is 0 Å². The molecular formula is C12H12F2N2O5. The van der Waals surface area contributed by atoms with Gasteiger partial charge in [-0.2, -0.15) is 4.39 Å². The van der Waals surface area contributed by atoms with Crippen molar-refractivity contribution in [2.75, 3.05) is 19.8 Å². The van der Waals surface area contributed by atoms with Gasteiger partial charge in [0.15, 0.2) is 0 Å². The van der Waals surface area contributed by atoms with Crippen LogP contribution in [0.4, 0.5) is 14.5 Å². The Balaban J connectivity index is 2.12. The predicted molar refractivity (Wildman–Crippen MR) is 65.7 cm³/mol. The molecule has 0 bridgehead atoms. The molecule has 7 nitrogen and oxygen atoms in total. The van der Waals surface area contributed by atoms with Crippen molar-refractivity contribution < 1.29 is 28.3 Å². The van der Waals surface area contributed by atoms with Crippen molar-refractivity contribution in [3.05, 3.63) is 39.4 Å². The summed E-state index contributed by atoms with van der Waals surface area (Å²) in [6.07, 6.45) is 0.310. The summed E-state index contributed by atoms with van der Waals surface area (Å²) in [5.41, 5.74) is -2.96. The lowest BCUT2D eigenvalue weighted by molar-refractivity contribution is -0.387. The summed E-state index contributed by atoms with van der Waals surface area (Å²) in [7, 11) is 0. The maximum atomic E-state index is 13.6. The number of nitrogens with zero attached hydrogens (tertiary/aromatic N) is 1. The van der Waals surface area contributed by atoms with Crippen molar-refractivity contribution in [3.63, 3.8) is 0 Å². The number of nitro groups is 1. The van der Waals surface area contributed by atoms with Crippen LogP contribution in [0.2, 0.25) is 0 Å². The first kappa shape index (κ1) is 15.3. The lowest BCUT2D eigenvalue weighted by Gasteiger charge is -2.20. The van der Waals surface area contributed by atoms with Gasteiger partial charge in [0.2, 0.25) is 5.82 Å². The SMILES string of the molecule is O=C(NCC1(O)CCOC1)c1cc(F)c([N+](=O)[O-])cc1F. The number of hydrogen-bond donors (Lipinski definition) is 2. The van der Waals surface area contributed by atoms with Gasteiger partial charge in [-0.05, 0) is 6.07 Å². The van der Waals surface area contributed by atoms with Crippen LogP contribution in [0.25, 0.3) is 0 Å². The van der Waals surface area contributed by atoms with E-state index in [0.717, 1.165) is 0 Å². The largest absolute Gasteiger partial charge is 0.386 e. The van der Waals surface area contributed by atoms with E-state index in [0.29, 0.717) is 25.2 Å². The van der Waals surface area contributed by atoms with Crippen LogP contribution in [0, 0.1) is 21.7 Å². The smallest absolute Gasteiger partial charge is 0.307 e. The molecule has 1 heterocycles. The Morgan fingerprint density at radius 3 is 2.76 bits per heavy atom. The zero-order valence-electron chi connectivity index (χ0n) is 10.8. The third-order valence-corrected chi connectivity index (χ3v) is 3.14. The van der Waals surface area contributed by atoms with E-state index in [1.807, 2.05) is 0 Å². The van der Waals surface area contributed by atoms with Crippen molar-refractivity contribution in [2.45, 2.75) is 12.0 Å². The highest BCUT2D eigenvalue weighted by atomic mass is 19.1. The summed E-state index contributed by atoms with van der Waals surface area (Å²) in [6.45, 7) is 0.182. The van der Waals surface area contributed by atoms with Gasteiger partial charge in [0.05, 0.1) is 23.2 Å². The average Bonchev–Trinajstić information content (AvgIpc) is 2.85. The van der Waals surface area contributed by atoms with Crippen LogP contribution in [0.3, 0.4) is 0 Å². The Kier molecular flexibility index (Phi) is 4.14. The van der Waals surface area contributed by atoms with Crippen LogP contribution in [0.15, 0.2) is 12.1 Å². The van der Waals surface area contributed by atoms with Crippen LogP contribution in [-0.4, -0.2) is 41.3 Å². The number of nitrogens with one attached hydrogen (secondary N) is 1. The number of benzene rings is 1. The van der Waals surface area contributed by atoms with Gasteiger partial charge in [0, 0.05) is 19.6 Å². The molecule has 1 unspecified atom stereocenters. The maximum absolute atomic E-state index is 13.6. The van der Waals surface area contributed by atoms with Gasteiger partial charge in [-0.3, -0.25) is 14.9 Å². The van der Waals surface area contributed by atoms with Crippen molar-refractivity contribution in [2.24, 2.45) is 0 Å². The fraction of sp³-hybridized carbons (Fsp3) is 0.417. The number of amides is 1. The van der Waals surface area contributed by atoms with Gasteiger partial charge in [0.1, 0.15) is 11.4 Å². The number of carbonyl (C=O) groups excluding carboxylic acids is 1. The molecule has 1 saturated heterocycles. The summed E-state index contributed by atoms with van der Waals surface area (Å²) in [4.78, 5) is 21.1. The van der Waals surface area contributed by atoms with Crippen molar-refractivity contribution in [3.8, 4) is 0 Å². The van der Waals surface area contributed by atoms with Crippen LogP contribution in [0.1, 0.15) is 16.8 Å². The zero-order valence-corrected chi connectivity index (χ0v) is 10.8. The number of carbonyl (C=O) groups is 1. The highest BCUT2D eigenvalue weighted by Crippen LogP contribution is 2.22. The minimum atomic E-state index is -1.31. The van der Waals surface area contributed by atoms with Gasteiger partial charge < -0.3 is 15.2 Å². The molecule has 1 aromatic rings. The first-order valence-corrected chi connectivity index (χ1v) is 6.04. The zero-order chi connectivity index (χ0) is 15.6. The molecule has 1 atom stereocenters. The fourth-order valence-corrected chi connectivity index (χ4v) is 1.93. The van der Waals surface area contributed by atoms with E-state index < -0.39 is 39.3 Å². The normalized spacial score (nSPS) is 21.3. The third kappa shape index (κ3) is 3.31. The second kappa shape index (κ2) is 5.70. The molecule has 0 saturated carbocycles. The van der Waals surface area contributed by atoms with Crippen molar-refractivity contribution in [1.82, 2.24) is 5.32 Å². The molecule has 1 amide bonds. The lowest BCUT2D eigenvalue weighted by Crippen LogP contribution is -2.43. The van der Waals surface area contributed by atoms with Gasteiger partial charge in [-0.25, -0.2) is 4.39 Å². The van der Waals surface area contributed by atoms with E-state index in [2.05, 4.69) is 5.32 Å². The number of aliphatic hydroxyl groups is 1. The van der Waals surface area contributed by atoms with Crippen LogP contribution in [0.5, 0.6) is 0 Å². The van der Waals surface area contributed by atoms with Gasteiger partial charge in [-0.15, -0.1) is 0 Å². The summed E-state index contributed by atoms with van der Waals surface area (Å²) in [5, 5.41) is 22.6. The topological polar surface area (TPSA) is 102 Å². The molecule has 0 spiro atoms. The molecule has 9 heteroatoms. The molecule has 114 valence electrons. The van der Waals surface area contributed by atoms with Crippen molar-refractivity contribution >= 4 is 11.6 Å². The maximum Gasteiger partial charge on any atom is 0.307 e. The van der Waals surface area contributed by atoms with Gasteiger partial charge in [0.25, 0.3) is 5.91 Å². The molecule has 2 N–H and O–H groups in total. The van der Waals surface area contributed by atoms with E-state index in [9.17, 15) is 28.8 Å². The molecule has 1 aliphatic rings. The molecule has 0 aromatic heterocycles. The molecule has 1 fully saturated rings. The molecule has 1 aromatic carbocycles. The Hall–Kier alpha value is -2.13. The third-order valence-electron chi connectivity index (χ3n) is 3.14. The highest BCUT2D eigenvalue weighted by molar-refractivity contribution is 5.94. The first-order chi connectivity index (χ1) is 9.82. The number of nitro benzene ring substituents is 1. The standard InChI is InChI=1S/C12H12F2N2O5/c13-8-4-10(16(19)20)9(14)3-7(8)11(17)15-5-12(18)1-2-21-6-12/h3-4,18H,1-2,5-6H2,(H,15,17). The van der Waals surface area contributed by atoms with E-state index in [1.54, 1.807) is 0 Å². The number of ether oxygens (including phenoxy) is 1. The molecule has 1 aliphatic heterocycles. The Morgan fingerprint density at radius 1 is 1.48 bits per heavy atom. The Bertz CT molecular complexity index is 587. The number of hydrogen-bond acceptors (Lipinski definition) is 5. The van der Waals surface area contributed by atoms with E-state index in [-0.39, 0.29) is 13.2 Å². The molecule has 0 radical (unpaired) electrons. The second-order valence-corrected chi connectivity index (χ2v) is 4.75. The first-order valence-electron chi connectivity index (χ1n) is 6.04. The monoisotopic (exact) mass is 302 g/mol. The number of rotatable bonds is 4. The minimum absolute atomic E-state index is 0.0321. The Labute approximate surface area is 117 Å². The van der Waals surface area contributed by atoms with Gasteiger partial charge >= 0.3 is 5.69 Å². The minimum Gasteiger partial charge on any atom is -0.386 e. The summed E-state index contributed by atoms with van der Waals surface area (Å²) in [6, 6.07) is 0.801. The van der Waals surface area contributed by atoms with E-state index in [4.69, 9.17) is 4.74 Å². The summed E-state index contributed by atoms with van der Waals surface area (Å²) >= 11 is 0. The lowest BCUT2D eigenvalue weighted by atomic mass is 10.0. The molecule has 21 heavy (non-hydrogen) atoms. The molecule has 2 rings (SSSR count). The summed E-state index contributed by atoms with van der Waals surface area (Å²) < 4.78 is 32.0. The molecule has 0 aliphatic carbocycles.